The van der Waals surface area contributed by atoms with E-state index in [2.05, 4.69) is 132 Å². The Kier molecular flexibility index (Phi) is 4.61. The molecule has 0 aliphatic carbocycles. The molecule has 0 radical (unpaired) electrons. The molecule has 192 valence electrons. The zero-order valence-corrected chi connectivity index (χ0v) is 22.0. The first kappa shape index (κ1) is 22.3. The van der Waals surface area contributed by atoms with Crippen molar-refractivity contribution in [3.8, 4) is 27.9 Å². The Morgan fingerprint density at radius 3 is 1.88 bits per heavy atom. The SMILES string of the molecule is c1ccc(-n2c3ccccc3c3oc4cccc(-c5ccc(-c6cccc7c6oc6ccccc67)cc5)c4c32)cc1. The Morgan fingerprint density at radius 1 is 0.415 bits per heavy atom. The van der Waals surface area contributed by atoms with E-state index in [1.807, 2.05) is 12.1 Å². The van der Waals surface area contributed by atoms with Crippen molar-refractivity contribution in [2.45, 2.75) is 0 Å². The number of nitrogens with zero attached hydrogens (tertiary/aromatic N) is 1. The van der Waals surface area contributed by atoms with Gasteiger partial charge >= 0.3 is 0 Å². The van der Waals surface area contributed by atoms with Gasteiger partial charge in [0.1, 0.15) is 22.3 Å². The third-order valence-electron chi connectivity index (χ3n) is 8.23. The number of furan rings is 2. The van der Waals surface area contributed by atoms with Gasteiger partial charge in [-0.05, 0) is 53.1 Å². The summed E-state index contributed by atoms with van der Waals surface area (Å²) >= 11 is 0. The predicted molar refractivity (Wildman–Crippen MR) is 169 cm³/mol. The molecule has 9 aromatic rings. The van der Waals surface area contributed by atoms with Crippen LogP contribution in [0.3, 0.4) is 0 Å². The van der Waals surface area contributed by atoms with Gasteiger partial charge in [-0.3, -0.25) is 0 Å². The zero-order valence-electron chi connectivity index (χ0n) is 22.0. The number of rotatable bonds is 3. The van der Waals surface area contributed by atoms with Gasteiger partial charge in [0, 0.05) is 27.4 Å². The smallest absolute Gasteiger partial charge is 0.161 e. The molecule has 9 rings (SSSR count). The molecule has 0 saturated heterocycles. The maximum absolute atomic E-state index is 6.57. The minimum Gasteiger partial charge on any atom is -0.455 e. The molecule has 0 unspecified atom stereocenters. The van der Waals surface area contributed by atoms with Crippen molar-refractivity contribution in [2.75, 3.05) is 0 Å². The van der Waals surface area contributed by atoms with Crippen LogP contribution in [0.5, 0.6) is 0 Å². The van der Waals surface area contributed by atoms with Crippen molar-refractivity contribution in [1.29, 1.82) is 0 Å². The first-order valence-corrected chi connectivity index (χ1v) is 13.9. The molecule has 0 atom stereocenters. The lowest BCUT2D eigenvalue weighted by atomic mass is 9.97. The molecular formula is C38H23NO2. The number of fused-ring (bicyclic) bond motifs is 8. The molecule has 0 N–H and O–H groups in total. The van der Waals surface area contributed by atoms with E-state index < -0.39 is 0 Å². The molecule has 0 spiro atoms. The summed E-state index contributed by atoms with van der Waals surface area (Å²) in [5.74, 6) is 0. The van der Waals surface area contributed by atoms with Crippen LogP contribution in [-0.2, 0) is 0 Å². The normalized spacial score (nSPS) is 11.9. The van der Waals surface area contributed by atoms with E-state index in [-0.39, 0.29) is 0 Å². The molecule has 6 aromatic carbocycles. The molecule has 41 heavy (non-hydrogen) atoms. The van der Waals surface area contributed by atoms with Crippen LogP contribution >= 0.6 is 0 Å². The highest BCUT2D eigenvalue weighted by Crippen LogP contribution is 2.43. The van der Waals surface area contributed by atoms with Crippen LogP contribution in [-0.4, -0.2) is 4.57 Å². The van der Waals surface area contributed by atoms with Crippen molar-refractivity contribution in [1.82, 2.24) is 4.57 Å². The zero-order chi connectivity index (χ0) is 26.9. The van der Waals surface area contributed by atoms with Gasteiger partial charge in [-0.15, -0.1) is 0 Å². The molecule has 0 aliphatic heterocycles. The van der Waals surface area contributed by atoms with Crippen LogP contribution < -0.4 is 0 Å². The summed E-state index contributed by atoms with van der Waals surface area (Å²) in [5, 5.41) is 4.52. The van der Waals surface area contributed by atoms with E-state index in [1.165, 1.54) is 0 Å². The van der Waals surface area contributed by atoms with Gasteiger partial charge in [0.05, 0.1) is 10.9 Å². The van der Waals surface area contributed by atoms with Crippen LogP contribution in [0, 0.1) is 0 Å². The monoisotopic (exact) mass is 525 g/mol. The van der Waals surface area contributed by atoms with E-state index in [9.17, 15) is 0 Å². The fraction of sp³-hybridized carbons (Fsp3) is 0. The second kappa shape index (κ2) is 8.48. The van der Waals surface area contributed by atoms with Crippen molar-refractivity contribution < 1.29 is 8.83 Å². The maximum Gasteiger partial charge on any atom is 0.161 e. The molecule has 0 saturated carbocycles. The molecule has 3 aromatic heterocycles. The van der Waals surface area contributed by atoms with Gasteiger partial charge in [0.25, 0.3) is 0 Å². The summed E-state index contributed by atoms with van der Waals surface area (Å²) in [5.41, 5.74) is 11.5. The summed E-state index contributed by atoms with van der Waals surface area (Å²) in [6.45, 7) is 0. The van der Waals surface area contributed by atoms with E-state index >= 15 is 0 Å². The summed E-state index contributed by atoms with van der Waals surface area (Å²) in [4.78, 5) is 0. The van der Waals surface area contributed by atoms with Gasteiger partial charge in [0.15, 0.2) is 5.58 Å². The number of hydrogen-bond acceptors (Lipinski definition) is 2. The number of benzene rings is 6. The lowest BCUT2D eigenvalue weighted by molar-refractivity contribution is 0.670. The Labute approximate surface area is 235 Å². The van der Waals surface area contributed by atoms with Crippen LogP contribution in [0.4, 0.5) is 0 Å². The van der Waals surface area contributed by atoms with E-state index in [4.69, 9.17) is 8.83 Å². The molecular weight excluding hydrogens is 502 g/mol. The summed E-state index contributed by atoms with van der Waals surface area (Å²) in [7, 11) is 0. The fourth-order valence-electron chi connectivity index (χ4n) is 6.40. The molecule has 3 heteroatoms. The standard InChI is InChI=1S/C38H23NO2/c1-2-10-26(11-3-1)39-32-17-6-4-13-31(32)38-36(39)35-27(14-9-19-34(35)41-38)24-20-22-25(23-21-24)28-15-8-16-30-29-12-5-7-18-33(29)40-37(28)30/h1-23H. The first-order chi connectivity index (χ1) is 20.3. The average Bonchev–Trinajstić information content (AvgIpc) is 3.70. The second-order valence-electron chi connectivity index (χ2n) is 10.5. The molecule has 0 fully saturated rings. The lowest BCUT2D eigenvalue weighted by Crippen LogP contribution is -1.93. The number of hydrogen-bond donors (Lipinski definition) is 0. The molecule has 0 bridgehead atoms. The predicted octanol–water partition coefficient (Wildman–Crippen LogP) is 10.8. The third-order valence-corrected chi connectivity index (χ3v) is 8.23. The van der Waals surface area contributed by atoms with Crippen molar-refractivity contribution in [3.63, 3.8) is 0 Å². The van der Waals surface area contributed by atoms with Crippen LogP contribution in [0.15, 0.2) is 148 Å². The van der Waals surface area contributed by atoms with E-state index in [0.717, 1.165) is 82.9 Å². The second-order valence-corrected chi connectivity index (χ2v) is 10.5. The highest BCUT2D eigenvalue weighted by Gasteiger charge is 2.21. The fourth-order valence-corrected chi connectivity index (χ4v) is 6.40. The minimum absolute atomic E-state index is 0.888. The van der Waals surface area contributed by atoms with Gasteiger partial charge in [-0.1, -0.05) is 103 Å². The molecule has 0 aliphatic rings. The summed E-state index contributed by atoms with van der Waals surface area (Å²) < 4.78 is 15.2. The van der Waals surface area contributed by atoms with Crippen molar-refractivity contribution in [3.05, 3.63) is 140 Å². The molecule has 3 heterocycles. The average molecular weight is 526 g/mol. The highest BCUT2D eigenvalue weighted by molar-refractivity contribution is 6.20. The maximum atomic E-state index is 6.57. The Morgan fingerprint density at radius 2 is 1.02 bits per heavy atom. The van der Waals surface area contributed by atoms with Crippen LogP contribution in [0.2, 0.25) is 0 Å². The number of aromatic nitrogens is 1. The van der Waals surface area contributed by atoms with Crippen LogP contribution in [0.1, 0.15) is 0 Å². The summed E-state index contributed by atoms with van der Waals surface area (Å²) in [6.07, 6.45) is 0. The topological polar surface area (TPSA) is 31.2 Å². The quantitative estimate of drug-likeness (QED) is 0.230. The van der Waals surface area contributed by atoms with Crippen molar-refractivity contribution in [2.24, 2.45) is 0 Å². The van der Waals surface area contributed by atoms with E-state index in [1.54, 1.807) is 0 Å². The van der Waals surface area contributed by atoms with Gasteiger partial charge in [-0.25, -0.2) is 0 Å². The number of para-hydroxylation sites is 4. The van der Waals surface area contributed by atoms with Gasteiger partial charge in [-0.2, -0.15) is 0 Å². The van der Waals surface area contributed by atoms with E-state index in [0.29, 0.717) is 0 Å². The minimum atomic E-state index is 0.888. The van der Waals surface area contributed by atoms with Crippen molar-refractivity contribution >= 4 is 54.9 Å². The third kappa shape index (κ3) is 3.20. The largest absolute Gasteiger partial charge is 0.455 e. The van der Waals surface area contributed by atoms with Gasteiger partial charge in [0.2, 0.25) is 0 Å². The molecule has 3 nitrogen and oxygen atoms in total. The first-order valence-electron chi connectivity index (χ1n) is 13.9. The van der Waals surface area contributed by atoms with Gasteiger partial charge < -0.3 is 13.4 Å². The lowest BCUT2D eigenvalue weighted by Gasteiger charge is -2.10. The highest BCUT2D eigenvalue weighted by atomic mass is 16.3. The summed E-state index contributed by atoms with van der Waals surface area (Å²) in [6, 6.07) is 48.8. The molecule has 0 amide bonds. The Hall–Kier alpha value is -5.54. The van der Waals surface area contributed by atoms with Crippen LogP contribution in [0.25, 0.3) is 82.9 Å². The Balaban J connectivity index is 1.26. The Bertz CT molecular complexity index is 2400.